The summed E-state index contributed by atoms with van der Waals surface area (Å²) in [6, 6.07) is 13.3. The van der Waals surface area contributed by atoms with Gasteiger partial charge in [0.1, 0.15) is 5.75 Å². The Labute approximate surface area is 153 Å². The zero-order valence-corrected chi connectivity index (χ0v) is 15.6. The van der Waals surface area contributed by atoms with E-state index in [-0.39, 0.29) is 17.7 Å². The molecule has 0 fully saturated rings. The summed E-state index contributed by atoms with van der Waals surface area (Å²) in [7, 11) is 1.63. The lowest BCUT2D eigenvalue weighted by atomic mass is 9.86. The first-order chi connectivity index (χ1) is 12.3. The van der Waals surface area contributed by atoms with Crippen LogP contribution in [0, 0.1) is 0 Å². The number of methoxy groups -OCH3 is 1. The van der Waals surface area contributed by atoms with Crippen LogP contribution in [-0.4, -0.2) is 18.9 Å². The van der Waals surface area contributed by atoms with E-state index in [9.17, 15) is 9.59 Å². The van der Waals surface area contributed by atoms with E-state index in [2.05, 4.69) is 10.6 Å². The van der Waals surface area contributed by atoms with Crippen LogP contribution in [-0.2, 0) is 15.0 Å². The molecule has 1 atom stereocenters. The number of fused-ring (bicyclic) bond motifs is 1. The fourth-order valence-corrected chi connectivity index (χ4v) is 3.19. The lowest BCUT2D eigenvalue weighted by Gasteiger charge is -2.17. The van der Waals surface area contributed by atoms with Crippen LogP contribution in [0.2, 0.25) is 0 Å². The monoisotopic (exact) mass is 352 g/mol. The molecule has 0 saturated carbocycles. The maximum absolute atomic E-state index is 12.4. The van der Waals surface area contributed by atoms with Gasteiger partial charge in [-0.3, -0.25) is 9.59 Å². The quantitative estimate of drug-likeness (QED) is 0.853. The molecule has 0 aromatic heterocycles. The van der Waals surface area contributed by atoms with Crippen LogP contribution in [0.25, 0.3) is 0 Å². The number of hydrogen-bond donors (Lipinski definition) is 2. The molecule has 1 heterocycles. The van der Waals surface area contributed by atoms with Gasteiger partial charge in [-0.1, -0.05) is 19.1 Å². The van der Waals surface area contributed by atoms with Crippen LogP contribution in [0.5, 0.6) is 5.75 Å². The Morgan fingerprint density at radius 3 is 2.54 bits per heavy atom. The number of nitrogens with one attached hydrogen (secondary N) is 2. The standard InChI is InChI=1S/C21H24N2O3/c1-13(14-5-8-16(26-4)9-6-14)11-19(24)22-15-7-10-18-17(12-15)21(2,3)20(25)23-18/h5-10,12-13H,11H2,1-4H3,(H,22,24)(H,23,25). The average molecular weight is 352 g/mol. The summed E-state index contributed by atoms with van der Waals surface area (Å²) in [4.78, 5) is 24.5. The second-order valence-corrected chi connectivity index (χ2v) is 7.27. The minimum atomic E-state index is -0.591. The Kier molecular flexibility index (Phi) is 4.72. The smallest absolute Gasteiger partial charge is 0.234 e. The van der Waals surface area contributed by atoms with Crippen molar-refractivity contribution in [3.8, 4) is 5.75 Å². The van der Waals surface area contributed by atoms with Crippen molar-refractivity contribution in [1.29, 1.82) is 0 Å². The van der Waals surface area contributed by atoms with Gasteiger partial charge < -0.3 is 15.4 Å². The van der Waals surface area contributed by atoms with E-state index in [1.807, 2.05) is 63.2 Å². The van der Waals surface area contributed by atoms with Gasteiger partial charge in [0.25, 0.3) is 0 Å². The minimum absolute atomic E-state index is 0.0240. The van der Waals surface area contributed by atoms with Gasteiger partial charge >= 0.3 is 0 Å². The normalized spacial score (nSPS) is 15.8. The number of anilines is 2. The van der Waals surface area contributed by atoms with Gasteiger partial charge in [-0.2, -0.15) is 0 Å². The van der Waals surface area contributed by atoms with E-state index in [1.165, 1.54) is 0 Å². The molecule has 3 rings (SSSR count). The molecule has 2 aromatic rings. The molecule has 1 unspecified atom stereocenters. The van der Waals surface area contributed by atoms with Crippen molar-refractivity contribution in [2.24, 2.45) is 0 Å². The molecule has 5 heteroatoms. The minimum Gasteiger partial charge on any atom is -0.497 e. The fourth-order valence-electron chi connectivity index (χ4n) is 3.19. The van der Waals surface area contributed by atoms with Crippen LogP contribution < -0.4 is 15.4 Å². The Bertz CT molecular complexity index is 841. The molecular formula is C21H24N2O3. The van der Waals surface area contributed by atoms with Crippen molar-refractivity contribution in [1.82, 2.24) is 0 Å². The first-order valence-corrected chi connectivity index (χ1v) is 8.71. The lowest BCUT2D eigenvalue weighted by Crippen LogP contribution is -2.27. The first-order valence-electron chi connectivity index (χ1n) is 8.71. The number of hydrogen-bond acceptors (Lipinski definition) is 3. The lowest BCUT2D eigenvalue weighted by molar-refractivity contribution is -0.119. The highest BCUT2D eigenvalue weighted by Gasteiger charge is 2.38. The molecule has 0 saturated heterocycles. The molecule has 2 aromatic carbocycles. The molecular weight excluding hydrogens is 328 g/mol. The Balaban J connectivity index is 1.67. The molecule has 5 nitrogen and oxygen atoms in total. The van der Waals surface area contributed by atoms with E-state index in [4.69, 9.17) is 4.74 Å². The van der Waals surface area contributed by atoms with Gasteiger partial charge in [0, 0.05) is 17.8 Å². The zero-order chi connectivity index (χ0) is 18.9. The molecule has 1 aliphatic rings. The molecule has 2 amide bonds. The summed E-state index contributed by atoms with van der Waals surface area (Å²) in [5.41, 5.74) is 2.92. The van der Waals surface area contributed by atoms with Gasteiger partial charge in [-0.15, -0.1) is 0 Å². The summed E-state index contributed by atoms with van der Waals surface area (Å²) in [5, 5.41) is 5.81. The largest absolute Gasteiger partial charge is 0.497 e. The zero-order valence-electron chi connectivity index (χ0n) is 15.6. The molecule has 0 spiro atoms. The molecule has 0 bridgehead atoms. The van der Waals surface area contributed by atoms with Crippen molar-refractivity contribution < 1.29 is 14.3 Å². The number of carbonyl (C=O) groups excluding carboxylic acids is 2. The third-order valence-electron chi connectivity index (χ3n) is 4.97. The summed E-state index contributed by atoms with van der Waals surface area (Å²) in [6.07, 6.45) is 0.379. The highest BCUT2D eigenvalue weighted by Crippen LogP contribution is 2.38. The van der Waals surface area contributed by atoms with Crippen LogP contribution in [0.3, 0.4) is 0 Å². The first kappa shape index (κ1) is 18.0. The average Bonchev–Trinajstić information content (AvgIpc) is 2.84. The predicted molar refractivity (Wildman–Crippen MR) is 103 cm³/mol. The maximum atomic E-state index is 12.4. The number of ether oxygens (including phenoxy) is 1. The van der Waals surface area contributed by atoms with Crippen molar-refractivity contribution in [2.75, 3.05) is 17.7 Å². The molecule has 0 aliphatic carbocycles. The summed E-state index contributed by atoms with van der Waals surface area (Å²) < 4.78 is 5.16. The molecule has 26 heavy (non-hydrogen) atoms. The molecule has 1 aliphatic heterocycles. The van der Waals surface area contributed by atoms with Crippen LogP contribution in [0.15, 0.2) is 42.5 Å². The number of rotatable bonds is 5. The van der Waals surface area contributed by atoms with Crippen molar-refractivity contribution in [3.05, 3.63) is 53.6 Å². The molecule has 0 radical (unpaired) electrons. The third kappa shape index (κ3) is 3.43. The highest BCUT2D eigenvalue weighted by atomic mass is 16.5. The van der Waals surface area contributed by atoms with E-state index >= 15 is 0 Å². The number of carbonyl (C=O) groups is 2. The van der Waals surface area contributed by atoms with Crippen molar-refractivity contribution >= 4 is 23.2 Å². The van der Waals surface area contributed by atoms with E-state index in [1.54, 1.807) is 7.11 Å². The molecule has 2 N–H and O–H groups in total. The predicted octanol–water partition coefficient (Wildman–Crippen LogP) is 4.06. The number of benzene rings is 2. The van der Waals surface area contributed by atoms with Crippen LogP contribution >= 0.6 is 0 Å². The van der Waals surface area contributed by atoms with Gasteiger partial charge in [0.2, 0.25) is 11.8 Å². The topological polar surface area (TPSA) is 67.4 Å². The van der Waals surface area contributed by atoms with Crippen LogP contribution in [0.1, 0.15) is 44.2 Å². The Morgan fingerprint density at radius 2 is 1.88 bits per heavy atom. The summed E-state index contributed by atoms with van der Waals surface area (Å²) in [5.74, 6) is 0.816. The van der Waals surface area contributed by atoms with Gasteiger partial charge in [0.15, 0.2) is 0 Å². The highest BCUT2D eigenvalue weighted by molar-refractivity contribution is 6.06. The van der Waals surface area contributed by atoms with Gasteiger partial charge in [-0.25, -0.2) is 0 Å². The number of amides is 2. The summed E-state index contributed by atoms with van der Waals surface area (Å²) in [6.45, 7) is 5.78. The molecule has 136 valence electrons. The van der Waals surface area contributed by atoms with E-state index in [0.717, 1.165) is 22.6 Å². The van der Waals surface area contributed by atoms with E-state index in [0.29, 0.717) is 12.1 Å². The Morgan fingerprint density at radius 1 is 1.19 bits per heavy atom. The van der Waals surface area contributed by atoms with Gasteiger partial charge in [0.05, 0.1) is 12.5 Å². The third-order valence-corrected chi connectivity index (χ3v) is 4.97. The van der Waals surface area contributed by atoms with Crippen molar-refractivity contribution in [3.63, 3.8) is 0 Å². The second kappa shape index (κ2) is 6.83. The summed E-state index contributed by atoms with van der Waals surface area (Å²) >= 11 is 0. The second-order valence-electron chi connectivity index (χ2n) is 7.27. The van der Waals surface area contributed by atoms with E-state index < -0.39 is 5.41 Å². The maximum Gasteiger partial charge on any atom is 0.234 e. The van der Waals surface area contributed by atoms with Gasteiger partial charge in [-0.05, 0) is 61.2 Å². The van der Waals surface area contributed by atoms with Crippen molar-refractivity contribution in [2.45, 2.75) is 38.5 Å². The Hall–Kier alpha value is -2.82. The fraction of sp³-hybridized carbons (Fsp3) is 0.333. The van der Waals surface area contributed by atoms with Crippen LogP contribution in [0.4, 0.5) is 11.4 Å². The SMILES string of the molecule is COc1ccc(C(C)CC(=O)Nc2ccc3c(c2)C(C)(C)C(=O)N3)cc1.